The summed E-state index contributed by atoms with van der Waals surface area (Å²) in [7, 11) is -0.528. The van der Waals surface area contributed by atoms with Gasteiger partial charge in [-0.3, -0.25) is 4.79 Å². The monoisotopic (exact) mass is 308 g/mol. The highest BCUT2D eigenvalue weighted by molar-refractivity contribution is 7.89. The van der Waals surface area contributed by atoms with Crippen LogP contribution in [0.5, 0.6) is 0 Å². The predicted molar refractivity (Wildman–Crippen MR) is 82.4 cm³/mol. The maximum Gasteiger partial charge on any atom is 0.242 e. The molecule has 0 bridgehead atoms. The van der Waals surface area contributed by atoms with Gasteiger partial charge in [0.25, 0.3) is 0 Å². The van der Waals surface area contributed by atoms with Gasteiger partial charge < -0.3 is 5.32 Å². The van der Waals surface area contributed by atoms with E-state index in [1.54, 1.807) is 12.1 Å². The molecule has 1 amide bonds. The third-order valence-electron chi connectivity index (χ3n) is 3.46. The molecule has 1 atom stereocenters. The standard InChI is InChI=1S/C15H20N2O3S/c1-17(2)21(19,20)14-9-5-8-13(11-14)16-15(18)10-12-6-3-4-7-12/h3,5-6,8-9,11-12H,4,7,10H2,1-2H3,(H,16,18)/t12-/m1/s1. The number of amides is 1. The average molecular weight is 308 g/mol. The lowest BCUT2D eigenvalue weighted by molar-refractivity contribution is -0.116. The second kappa shape index (κ2) is 6.41. The summed E-state index contributed by atoms with van der Waals surface area (Å²) < 4.78 is 25.3. The van der Waals surface area contributed by atoms with E-state index in [9.17, 15) is 13.2 Å². The van der Waals surface area contributed by atoms with Gasteiger partial charge >= 0.3 is 0 Å². The Morgan fingerprint density at radius 3 is 2.76 bits per heavy atom. The molecule has 0 aliphatic heterocycles. The van der Waals surface area contributed by atoms with Crippen LogP contribution < -0.4 is 5.32 Å². The first-order valence-electron chi connectivity index (χ1n) is 6.88. The number of hydrogen-bond donors (Lipinski definition) is 1. The molecule has 0 unspecified atom stereocenters. The van der Waals surface area contributed by atoms with Gasteiger partial charge in [0.05, 0.1) is 4.90 Å². The normalized spacial score (nSPS) is 18.1. The minimum absolute atomic E-state index is 0.0917. The number of hydrogen-bond acceptors (Lipinski definition) is 3. The molecule has 1 aromatic carbocycles. The topological polar surface area (TPSA) is 66.5 Å². The van der Waals surface area contributed by atoms with Gasteiger partial charge in [-0.1, -0.05) is 18.2 Å². The number of carbonyl (C=O) groups excluding carboxylic acids is 1. The molecule has 0 radical (unpaired) electrons. The summed E-state index contributed by atoms with van der Waals surface area (Å²) in [5.41, 5.74) is 0.505. The lowest BCUT2D eigenvalue weighted by Crippen LogP contribution is -2.22. The molecule has 6 heteroatoms. The molecular weight excluding hydrogens is 288 g/mol. The van der Waals surface area contributed by atoms with Crippen molar-refractivity contribution in [3.63, 3.8) is 0 Å². The quantitative estimate of drug-likeness (QED) is 0.848. The summed E-state index contributed by atoms with van der Waals surface area (Å²) in [6, 6.07) is 6.32. The van der Waals surface area contributed by atoms with E-state index < -0.39 is 10.0 Å². The van der Waals surface area contributed by atoms with Crippen molar-refractivity contribution >= 4 is 21.6 Å². The first-order chi connectivity index (χ1) is 9.89. The Labute approximate surface area is 125 Å². The molecule has 0 saturated carbocycles. The number of carbonyl (C=O) groups is 1. The van der Waals surface area contributed by atoms with Crippen LogP contribution in [-0.4, -0.2) is 32.7 Å². The molecule has 0 saturated heterocycles. The molecule has 2 rings (SSSR count). The largest absolute Gasteiger partial charge is 0.326 e. The van der Waals surface area contributed by atoms with Crippen LogP contribution in [0.25, 0.3) is 0 Å². The van der Waals surface area contributed by atoms with Crippen molar-refractivity contribution in [2.45, 2.75) is 24.2 Å². The van der Waals surface area contributed by atoms with Gasteiger partial charge in [-0.25, -0.2) is 12.7 Å². The molecule has 1 aromatic rings. The summed E-state index contributed by atoms with van der Waals surface area (Å²) in [5.74, 6) is 0.199. The maximum atomic E-state index is 12.1. The Balaban J connectivity index is 2.07. The number of allylic oxidation sites excluding steroid dienone is 2. The fourth-order valence-electron chi connectivity index (χ4n) is 2.26. The van der Waals surface area contributed by atoms with Crippen LogP contribution in [0.2, 0.25) is 0 Å². The lowest BCUT2D eigenvalue weighted by atomic mass is 10.1. The molecule has 1 N–H and O–H groups in total. The number of sulfonamides is 1. The number of nitrogens with one attached hydrogen (secondary N) is 1. The van der Waals surface area contributed by atoms with E-state index in [-0.39, 0.29) is 10.8 Å². The van der Waals surface area contributed by atoms with Crippen molar-refractivity contribution in [1.29, 1.82) is 0 Å². The van der Waals surface area contributed by atoms with E-state index in [0.29, 0.717) is 18.0 Å². The molecule has 1 aliphatic rings. The van der Waals surface area contributed by atoms with E-state index in [4.69, 9.17) is 0 Å². The van der Waals surface area contributed by atoms with Crippen molar-refractivity contribution in [2.24, 2.45) is 5.92 Å². The highest BCUT2D eigenvalue weighted by Crippen LogP contribution is 2.22. The molecule has 5 nitrogen and oxygen atoms in total. The molecule has 114 valence electrons. The summed E-state index contributed by atoms with van der Waals surface area (Å²) >= 11 is 0. The van der Waals surface area contributed by atoms with Crippen LogP contribution in [0, 0.1) is 5.92 Å². The van der Waals surface area contributed by atoms with E-state index in [1.165, 1.54) is 26.2 Å². The van der Waals surface area contributed by atoms with Crippen LogP contribution in [0.15, 0.2) is 41.3 Å². The summed E-state index contributed by atoms with van der Waals surface area (Å²) in [5, 5.41) is 2.76. The average Bonchev–Trinajstić information content (AvgIpc) is 2.91. The van der Waals surface area contributed by atoms with Crippen LogP contribution >= 0.6 is 0 Å². The Morgan fingerprint density at radius 1 is 1.38 bits per heavy atom. The van der Waals surface area contributed by atoms with Gasteiger partial charge in [-0.2, -0.15) is 0 Å². The summed E-state index contributed by atoms with van der Waals surface area (Å²) in [6.07, 6.45) is 6.60. The first kappa shape index (κ1) is 15.7. The molecule has 0 heterocycles. The Bertz CT molecular complexity index is 651. The van der Waals surface area contributed by atoms with Crippen molar-refractivity contribution in [3.8, 4) is 0 Å². The molecule has 21 heavy (non-hydrogen) atoms. The van der Waals surface area contributed by atoms with Crippen molar-refractivity contribution in [3.05, 3.63) is 36.4 Å². The third-order valence-corrected chi connectivity index (χ3v) is 5.27. The zero-order valence-corrected chi connectivity index (χ0v) is 13.1. The highest BCUT2D eigenvalue weighted by atomic mass is 32.2. The fraction of sp³-hybridized carbons (Fsp3) is 0.400. The fourth-order valence-corrected chi connectivity index (χ4v) is 3.21. The van der Waals surface area contributed by atoms with E-state index in [1.807, 2.05) is 0 Å². The van der Waals surface area contributed by atoms with Gasteiger partial charge in [0.15, 0.2) is 0 Å². The van der Waals surface area contributed by atoms with Gasteiger partial charge in [0.2, 0.25) is 15.9 Å². The minimum Gasteiger partial charge on any atom is -0.326 e. The van der Waals surface area contributed by atoms with Gasteiger partial charge in [0, 0.05) is 26.2 Å². The number of anilines is 1. The Morgan fingerprint density at radius 2 is 2.14 bits per heavy atom. The highest BCUT2D eigenvalue weighted by Gasteiger charge is 2.18. The summed E-state index contributed by atoms with van der Waals surface area (Å²) in [6.45, 7) is 0. The minimum atomic E-state index is -3.49. The molecule has 1 aliphatic carbocycles. The van der Waals surface area contributed by atoms with Gasteiger partial charge in [-0.05, 0) is 37.0 Å². The molecule has 0 aromatic heterocycles. The van der Waals surface area contributed by atoms with Crippen molar-refractivity contribution in [2.75, 3.05) is 19.4 Å². The second-order valence-electron chi connectivity index (χ2n) is 5.33. The number of rotatable bonds is 5. The third kappa shape index (κ3) is 3.92. The van der Waals surface area contributed by atoms with E-state index in [0.717, 1.165) is 17.1 Å². The van der Waals surface area contributed by atoms with Gasteiger partial charge in [0.1, 0.15) is 0 Å². The van der Waals surface area contributed by atoms with Crippen LogP contribution in [0.4, 0.5) is 5.69 Å². The van der Waals surface area contributed by atoms with Crippen LogP contribution in [-0.2, 0) is 14.8 Å². The lowest BCUT2D eigenvalue weighted by Gasteiger charge is -2.13. The van der Waals surface area contributed by atoms with Crippen molar-refractivity contribution in [1.82, 2.24) is 4.31 Å². The van der Waals surface area contributed by atoms with E-state index in [2.05, 4.69) is 17.5 Å². The first-order valence-corrected chi connectivity index (χ1v) is 8.32. The van der Waals surface area contributed by atoms with Crippen LogP contribution in [0.1, 0.15) is 19.3 Å². The van der Waals surface area contributed by atoms with Crippen LogP contribution in [0.3, 0.4) is 0 Å². The number of nitrogens with zero attached hydrogens (tertiary/aromatic N) is 1. The van der Waals surface area contributed by atoms with Gasteiger partial charge in [-0.15, -0.1) is 0 Å². The van der Waals surface area contributed by atoms with Crippen molar-refractivity contribution < 1.29 is 13.2 Å². The van der Waals surface area contributed by atoms with E-state index >= 15 is 0 Å². The maximum absolute atomic E-state index is 12.1. The Hall–Kier alpha value is -1.66. The predicted octanol–water partition coefficient (Wildman–Crippen LogP) is 2.23. The molecular formula is C15H20N2O3S. The Kier molecular flexibility index (Phi) is 4.80. The number of benzene rings is 1. The SMILES string of the molecule is CN(C)S(=O)(=O)c1cccc(NC(=O)C[C@@H]2C=CCC2)c1. The molecule has 0 fully saturated rings. The zero-order chi connectivity index (χ0) is 15.5. The zero-order valence-electron chi connectivity index (χ0n) is 12.2. The summed E-state index contributed by atoms with van der Waals surface area (Å²) in [4.78, 5) is 12.1. The molecule has 0 spiro atoms. The second-order valence-corrected chi connectivity index (χ2v) is 7.48. The smallest absolute Gasteiger partial charge is 0.242 e.